The van der Waals surface area contributed by atoms with Gasteiger partial charge in [-0.25, -0.2) is 0 Å². The second kappa shape index (κ2) is 15.5. The van der Waals surface area contributed by atoms with Crippen LogP contribution in [0.2, 0.25) is 0 Å². The fraction of sp³-hybridized carbons (Fsp3) is 0.485. The Kier molecular flexibility index (Phi) is 11.5. The average Bonchev–Trinajstić information content (AvgIpc) is 3.51. The van der Waals surface area contributed by atoms with Gasteiger partial charge in [0.25, 0.3) is 35.0 Å². The van der Waals surface area contributed by atoms with E-state index in [-0.39, 0.29) is 44.3 Å². The highest BCUT2D eigenvalue weighted by Crippen LogP contribution is 2.48. The lowest BCUT2D eigenvalue weighted by molar-refractivity contribution is -0.386. The van der Waals surface area contributed by atoms with Gasteiger partial charge in [0.15, 0.2) is 23.0 Å². The zero-order chi connectivity index (χ0) is 38.8. The van der Waals surface area contributed by atoms with Crippen LogP contribution in [0.3, 0.4) is 0 Å². The molecule has 0 radical (unpaired) electrons. The van der Waals surface area contributed by atoms with E-state index in [1.54, 1.807) is 27.7 Å². The van der Waals surface area contributed by atoms with Crippen LogP contribution in [0.25, 0.3) is 0 Å². The van der Waals surface area contributed by atoms with Crippen molar-refractivity contribution in [2.45, 2.75) is 52.4 Å². The van der Waals surface area contributed by atoms with Crippen molar-refractivity contribution >= 4 is 41.2 Å². The number of nitrogens with zero attached hydrogens (tertiary/aromatic N) is 4. The van der Waals surface area contributed by atoms with Crippen molar-refractivity contribution in [3.05, 3.63) is 55.6 Å². The zero-order valence-electron chi connectivity index (χ0n) is 29.6. The van der Waals surface area contributed by atoms with Gasteiger partial charge in [-0.15, -0.1) is 0 Å². The highest BCUT2D eigenvalue weighted by Gasteiger charge is 2.51. The Morgan fingerprint density at radius 2 is 0.942 bits per heavy atom. The SMILES string of the molecule is COc1cc(C(C(C)C)C2CC(=O)N(OC(=O)ON3C(=O)CC(C(c4cc(OC)c(OC)cc4[N+](=O)[O-])C(C)C)C3=O)C2=O)c([N+](=O)[O-])cc1OC. The van der Waals surface area contributed by atoms with E-state index in [1.807, 2.05) is 0 Å². The number of hydrogen-bond donors (Lipinski definition) is 0. The third-order valence-electron chi connectivity index (χ3n) is 9.09. The molecule has 0 spiro atoms. The highest BCUT2D eigenvalue weighted by atomic mass is 16.9. The van der Waals surface area contributed by atoms with Crippen LogP contribution in [0.4, 0.5) is 16.2 Å². The molecule has 2 aromatic carbocycles. The van der Waals surface area contributed by atoms with Crippen molar-refractivity contribution in [1.82, 2.24) is 10.1 Å². The van der Waals surface area contributed by atoms with Gasteiger partial charge in [-0.05, 0) is 24.0 Å². The molecule has 280 valence electrons. The first kappa shape index (κ1) is 38.8. The van der Waals surface area contributed by atoms with Gasteiger partial charge in [0.1, 0.15) is 0 Å². The van der Waals surface area contributed by atoms with Crippen molar-refractivity contribution in [2.24, 2.45) is 23.7 Å². The molecule has 4 atom stereocenters. The van der Waals surface area contributed by atoms with Crippen molar-refractivity contribution in [3.8, 4) is 23.0 Å². The first-order chi connectivity index (χ1) is 24.5. The number of amides is 4. The van der Waals surface area contributed by atoms with Crippen LogP contribution in [-0.2, 0) is 28.9 Å². The van der Waals surface area contributed by atoms with Crippen LogP contribution in [-0.4, -0.2) is 78.2 Å². The minimum absolute atomic E-state index is 0.0666. The van der Waals surface area contributed by atoms with E-state index >= 15 is 0 Å². The molecule has 4 amide bonds. The standard InChI is InChI=1S/C33H38N4O15/c1-15(2)29(17-9-23(47-5)25(49-7)13-21(17)36(43)44)19-11-27(38)34(31(19)40)51-33(42)52-35-28(39)12-20(32(35)41)30(16(3)4)18-10-24(48-6)26(50-8)14-22(18)37(45)46/h9-10,13-16,19-20,29-30H,11-12H2,1-8H3. The Morgan fingerprint density at radius 1 is 0.635 bits per heavy atom. The molecule has 2 aliphatic rings. The maximum absolute atomic E-state index is 13.6. The topological polar surface area (TPSA) is 233 Å². The summed E-state index contributed by atoms with van der Waals surface area (Å²) in [6, 6.07) is 4.97. The number of hydroxylamine groups is 4. The lowest BCUT2D eigenvalue weighted by Gasteiger charge is -2.26. The number of imide groups is 2. The number of hydrogen-bond acceptors (Lipinski definition) is 15. The summed E-state index contributed by atoms with van der Waals surface area (Å²) >= 11 is 0. The monoisotopic (exact) mass is 730 g/mol. The number of nitro groups is 2. The molecule has 19 nitrogen and oxygen atoms in total. The number of rotatable bonds is 14. The summed E-state index contributed by atoms with van der Waals surface area (Å²) in [4.78, 5) is 98.7. The van der Waals surface area contributed by atoms with Crippen molar-refractivity contribution in [1.29, 1.82) is 0 Å². The molecule has 0 aliphatic carbocycles. The minimum atomic E-state index is -1.78. The molecular formula is C33H38N4O15. The molecule has 0 aromatic heterocycles. The predicted molar refractivity (Wildman–Crippen MR) is 175 cm³/mol. The van der Waals surface area contributed by atoms with E-state index in [2.05, 4.69) is 0 Å². The molecule has 0 saturated carbocycles. The van der Waals surface area contributed by atoms with E-state index in [0.29, 0.717) is 0 Å². The number of nitro benzene ring substituents is 2. The fourth-order valence-corrected chi connectivity index (χ4v) is 6.88. The largest absolute Gasteiger partial charge is 0.560 e. The second-order valence-electron chi connectivity index (χ2n) is 12.7. The molecule has 2 saturated heterocycles. The van der Waals surface area contributed by atoms with Crippen LogP contribution in [0.1, 0.15) is 63.5 Å². The third-order valence-corrected chi connectivity index (χ3v) is 9.09. The van der Waals surface area contributed by atoms with Crippen LogP contribution >= 0.6 is 0 Å². The molecule has 0 bridgehead atoms. The van der Waals surface area contributed by atoms with Gasteiger partial charge in [-0.3, -0.25) is 49.1 Å². The Hall–Kier alpha value is -6.01. The number of methoxy groups -OCH3 is 4. The predicted octanol–water partition coefficient (Wildman–Crippen LogP) is 4.45. The van der Waals surface area contributed by atoms with Crippen LogP contribution < -0.4 is 18.9 Å². The van der Waals surface area contributed by atoms with Gasteiger partial charge in [-0.1, -0.05) is 37.8 Å². The molecule has 2 fully saturated rings. The Balaban J connectivity index is 1.57. The van der Waals surface area contributed by atoms with Crippen molar-refractivity contribution in [3.63, 3.8) is 0 Å². The van der Waals surface area contributed by atoms with Crippen molar-refractivity contribution in [2.75, 3.05) is 28.4 Å². The number of carbonyl (C=O) groups excluding carboxylic acids is 5. The smallest absolute Gasteiger partial charge is 0.493 e. The molecule has 2 aromatic rings. The summed E-state index contributed by atoms with van der Waals surface area (Å²) in [6.07, 6.45) is -2.80. The lowest BCUT2D eigenvalue weighted by Crippen LogP contribution is -2.39. The quantitative estimate of drug-likeness (QED) is 0.148. The van der Waals surface area contributed by atoms with Gasteiger partial charge >= 0.3 is 6.16 Å². The Morgan fingerprint density at radius 3 is 1.21 bits per heavy atom. The van der Waals surface area contributed by atoms with E-state index in [1.165, 1.54) is 40.6 Å². The molecule has 2 aliphatic heterocycles. The second-order valence-corrected chi connectivity index (χ2v) is 12.7. The summed E-state index contributed by atoms with van der Waals surface area (Å²) in [6.45, 7) is 6.73. The maximum atomic E-state index is 13.6. The fourth-order valence-electron chi connectivity index (χ4n) is 6.88. The van der Waals surface area contributed by atoms with E-state index in [9.17, 15) is 44.2 Å². The first-order valence-corrected chi connectivity index (χ1v) is 15.9. The molecular weight excluding hydrogens is 692 g/mol. The van der Waals surface area contributed by atoms with Crippen LogP contribution in [0.5, 0.6) is 23.0 Å². The van der Waals surface area contributed by atoms with E-state index in [4.69, 9.17) is 28.6 Å². The normalized spacial score (nSPS) is 18.5. The van der Waals surface area contributed by atoms with Crippen LogP contribution in [0.15, 0.2) is 24.3 Å². The third kappa shape index (κ3) is 7.24. The van der Waals surface area contributed by atoms with Gasteiger partial charge in [0, 0.05) is 35.8 Å². The molecule has 4 unspecified atom stereocenters. The molecule has 52 heavy (non-hydrogen) atoms. The summed E-state index contributed by atoms with van der Waals surface area (Å²) < 4.78 is 21.0. The first-order valence-electron chi connectivity index (χ1n) is 15.9. The lowest BCUT2D eigenvalue weighted by atomic mass is 9.76. The summed E-state index contributed by atoms with van der Waals surface area (Å²) in [5.41, 5.74) is -0.646. The van der Waals surface area contributed by atoms with E-state index in [0.717, 1.165) is 12.1 Å². The molecule has 4 rings (SSSR count). The molecule has 19 heteroatoms. The summed E-state index contributed by atoms with van der Waals surface area (Å²) in [7, 11) is 5.24. The number of benzene rings is 2. The van der Waals surface area contributed by atoms with Crippen LogP contribution in [0, 0.1) is 43.9 Å². The zero-order valence-corrected chi connectivity index (χ0v) is 29.6. The number of ether oxygens (including phenoxy) is 4. The van der Waals surface area contributed by atoms with Gasteiger partial charge < -0.3 is 18.9 Å². The minimum Gasteiger partial charge on any atom is -0.493 e. The highest BCUT2D eigenvalue weighted by molar-refractivity contribution is 6.05. The van der Waals surface area contributed by atoms with Gasteiger partial charge in [0.05, 0.1) is 62.3 Å². The Bertz CT molecular complexity index is 1680. The Labute approximate surface area is 296 Å². The van der Waals surface area contributed by atoms with Crippen molar-refractivity contribution < 1.29 is 62.4 Å². The molecule has 2 heterocycles. The molecule has 0 N–H and O–H groups in total. The van der Waals surface area contributed by atoms with Gasteiger partial charge in [-0.2, -0.15) is 4.79 Å². The summed E-state index contributed by atoms with van der Waals surface area (Å²) in [5, 5.41) is 24.4. The average molecular weight is 731 g/mol. The summed E-state index contributed by atoms with van der Waals surface area (Å²) in [5.74, 6) is -8.90. The number of carbonyl (C=O) groups is 5. The van der Waals surface area contributed by atoms with E-state index < -0.39 is 99.4 Å². The van der Waals surface area contributed by atoms with Gasteiger partial charge in [0.2, 0.25) is 0 Å². The maximum Gasteiger partial charge on any atom is 0.560 e.